The first-order valence-electron chi connectivity index (χ1n) is 5.58. The van der Waals surface area contributed by atoms with Gasteiger partial charge in [0.15, 0.2) is 0 Å². The maximum Gasteiger partial charge on any atom is 0.120 e. The summed E-state index contributed by atoms with van der Waals surface area (Å²) in [5.74, 6) is 0.922. The number of thiophene rings is 1. The standard InChI is InChI=1S/C13H17NO2S/c1-10-3-5-16-12(10)7-14-9-13(2,15)11-4-6-17-8-11/h3-6,8,14-15H,7,9H2,1-2H3. The van der Waals surface area contributed by atoms with Crippen molar-refractivity contribution in [2.75, 3.05) is 6.54 Å². The van der Waals surface area contributed by atoms with Gasteiger partial charge in [0.1, 0.15) is 5.76 Å². The highest BCUT2D eigenvalue weighted by Gasteiger charge is 2.22. The van der Waals surface area contributed by atoms with E-state index in [4.69, 9.17) is 4.42 Å². The molecular weight excluding hydrogens is 234 g/mol. The Morgan fingerprint density at radius 3 is 2.88 bits per heavy atom. The van der Waals surface area contributed by atoms with Crippen molar-refractivity contribution < 1.29 is 9.52 Å². The molecule has 4 heteroatoms. The van der Waals surface area contributed by atoms with Crippen molar-refractivity contribution in [2.24, 2.45) is 0 Å². The fourth-order valence-electron chi connectivity index (χ4n) is 1.68. The highest BCUT2D eigenvalue weighted by Crippen LogP contribution is 2.22. The maximum atomic E-state index is 10.3. The van der Waals surface area contributed by atoms with Crippen molar-refractivity contribution in [3.05, 3.63) is 46.0 Å². The van der Waals surface area contributed by atoms with Crippen LogP contribution in [0.1, 0.15) is 23.8 Å². The predicted molar refractivity (Wildman–Crippen MR) is 69.0 cm³/mol. The first-order valence-corrected chi connectivity index (χ1v) is 6.52. The molecule has 0 saturated carbocycles. The van der Waals surface area contributed by atoms with Crippen LogP contribution >= 0.6 is 11.3 Å². The van der Waals surface area contributed by atoms with Crippen LogP contribution in [-0.4, -0.2) is 11.7 Å². The van der Waals surface area contributed by atoms with Gasteiger partial charge in [-0.25, -0.2) is 0 Å². The quantitative estimate of drug-likeness (QED) is 0.858. The van der Waals surface area contributed by atoms with Crippen LogP contribution in [0, 0.1) is 6.92 Å². The molecule has 0 fully saturated rings. The second-order valence-electron chi connectivity index (χ2n) is 4.42. The lowest BCUT2D eigenvalue weighted by atomic mass is 9.99. The van der Waals surface area contributed by atoms with Gasteiger partial charge in [0.25, 0.3) is 0 Å². The van der Waals surface area contributed by atoms with E-state index in [0.717, 1.165) is 16.9 Å². The number of furan rings is 1. The van der Waals surface area contributed by atoms with E-state index in [1.165, 1.54) is 0 Å². The Morgan fingerprint density at radius 2 is 2.29 bits per heavy atom. The van der Waals surface area contributed by atoms with E-state index in [9.17, 15) is 5.11 Å². The van der Waals surface area contributed by atoms with Crippen molar-refractivity contribution in [1.82, 2.24) is 5.32 Å². The van der Waals surface area contributed by atoms with Gasteiger partial charge < -0.3 is 14.8 Å². The summed E-state index contributed by atoms with van der Waals surface area (Å²) < 4.78 is 5.33. The molecule has 1 atom stereocenters. The molecule has 0 saturated heterocycles. The lowest BCUT2D eigenvalue weighted by Crippen LogP contribution is -2.34. The summed E-state index contributed by atoms with van der Waals surface area (Å²) in [5, 5.41) is 17.4. The van der Waals surface area contributed by atoms with Crippen molar-refractivity contribution in [3.8, 4) is 0 Å². The van der Waals surface area contributed by atoms with Gasteiger partial charge in [-0.15, -0.1) is 0 Å². The Kier molecular flexibility index (Phi) is 3.66. The van der Waals surface area contributed by atoms with E-state index in [-0.39, 0.29) is 0 Å². The van der Waals surface area contributed by atoms with Crippen molar-refractivity contribution in [3.63, 3.8) is 0 Å². The summed E-state index contributed by atoms with van der Waals surface area (Å²) in [4.78, 5) is 0. The van der Waals surface area contributed by atoms with Crippen LogP contribution < -0.4 is 5.32 Å². The second-order valence-corrected chi connectivity index (χ2v) is 5.20. The van der Waals surface area contributed by atoms with Gasteiger partial charge in [0.2, 0.25) is 0 Å². The molecule has 0 spiro atoms. The Hall–Kier alpha value is -1.10. The molecule has 1 unspecified atom stereocenters. The zero-order valence-electron chi connectivity index (χ0n) is 10.1. The normalized spacial score (nSPS) is 14.8. The minimum atomic E-state index is -0.833. The fourth-order valence-corrected chi connectivity index (χ4v) is 2.46. The molecule has 0 aliphatic rings. The molecule has 2 rings (SSSR count). The van der Waals surface area contributed by atoms with Gasteiger partial charge >= 0.3 is 0 Å². The van der Waals surface area contributed by atoms with Gasteiger partial charge in [-0.1, -0.05) is 0 Å². The average molecular weight is 251 g/mol. The Bertz CT molecular complexity index is 459. The number of aryl methyl sites for hydroxylation is 1. The Balaban J connectivity index is 1.88. The van der Waals surface area contributed by atoms with Crippen LogP contribution in [0.4, 0.5) is 0 Å². The molecule has 17 heavy (non-hydrogen) atoms. The summed E-state index contributed by atoms with van der Waals surface area (Å²) in [6.07, 6.45) is 1.68. The highest BCUT2D eigenvalue weighted by molar-refractivity contribution is 7.08. The molecule has 0 aliphatic heterocycles. The Morgan fingerprint density at radius 1 is 1.47 bits per heavy atom. The van der Waals surface area contributed by atoms with Gasteiger partial charge in [-0.2, -0.15) is 11.3 Å². The lowest BCUT2D eigenvalue weighted by Gasteiger charge is -2.22. The zero-order valence-corrected chi connectivity index (χ0v) is 10.9. The molecule has 0 amide bonds. The maximum absolute atomic E-state index is 10.3. The van der Waals surface area contributed by atoms with Crippen LogP contribution in [-0.2, 0) is 12.1 Å². The van der Waals surface area contributed by atoms with E-state index in [1.54, 1.807) is 17.6 Å². The second kappa shape index (κ2) is 5.04. The van der Waals surface area contributed by atoms with E-state index in [1.807, 2.05) is 36.7 Å². The van der Waals surface area contributed by atoms with Crippen molar-refractivity contribution in [1.29, 1.82) is 0 Å². The zero-order chi connectivity index (χ0) is 12.3. The first-order chi connectivity index (χ1) is 8.09. The molecule has 2 aromatic rings. The third kappa shape index (κ3) is 2.97. The number of nitrogens with one attached hydrogen (secondary N) is 1. The van der Waals surface area contributed by atoms with E-state index in [0.29, 0.717) is 13.1 Å². The van der Waals surface area contributed by atoms with Gasteiger partial charge in [-0.05, 0) is 47.9 Å². The van der Waals surface area contributed by atoms with Gasteiger partial charge in [-0.3, -0.25) is 0 Å². The van der Waals surface area contributed by atoms with Gasteiger partial charge in [0, 0.05) is 6.54 Å². The average Bonchev–Trinajstić information content (AvgIpc) is 2.90. The largest absolute Gasteiger partial charge is 0.468 e. The van der Waals surface area contributed by atoms with Crippen LogP contribution in [0.2, 0.25) is 0 Å². The summed E-state index contributed by atoms with van der Waals surface area (Å²) in [5.41, 5.74) is 1.25. The SMILES string of the molecule is Cc1ccoc1CNCC(C)(O)c1ccsc1. The fraction of sp³-hybridized carbons (Fsp3) is 0.385. The molecule has 2 heterocycles. The van der Waals surface area contributed by atoms with Gasteiger partial charge in [0.05, 0.1) is 18.4 Å². The number of hydrogen-bond acceptors (Lipinski definition) is 4. The van der Waals surface area contributed by atoms with E-state index in [2.05, 4.69) is 5.32 Å². The molecule has 2 N–H and O–H groups in total. The van der Waals surface area contributed by atoms with E-state index >= 15 is 0 Å². The summed E-state index contributed by atoms with van der Waals surface area (Å²) in [7, 11) is 0. The highest BCUT2D eigenvalue weighted by atomic mass is 32.1. The molecule has 2 aromatic heterocycles. The first kappa shape index (κ1) is 12.4. The molecule has 0 bridgehead atoms. The minimum absolute atomic E-state index is 0.504. The summed E-state index contributed by atoms with van der Waals surface area (Å²) in [6.45, 7) is 4.97. The Labute approximate surface area is 105 Å². The third-order valence-electron chi connectivity index (χ3n) is 2.87. The molecule has 0 aromatic carbocycles. The molecule has 0 radical (unpaired) electrons. The van der Waals surface area contributed by atoms with Crippen LogP contribution in [0.3, 0.4) is 0 Å². The molecule has 3 nitrogen and oxygen atoms in total. The van der Waals surface area contributed by atoms with Crippen LogP contribution in [0.25, 0.3) is 0 Å². The van der Waals surface area contributed by atoms with Crippen molar-refractivity contribution in [2.45, 2.75) is 26.0 Å². The summed E-state index contributed by atoms with van der Waals surface area (Å²) in [6, 6.07) is 3.89. The van der Waals surface area contributed by atoms with Crippen molar-refractivity contribution >= 4 is 11.3 Å². The minimum Gasteiger partial charge on any atom is -0.468 e. The summed E-state index contributed by atoms with van der Waals surface area (Å²) >= 11 is 1.59. The number of aliphatic hydroxyl groups is 1. The van der Waals surface area contributed by atoms with E-state index < -0.39 is 5.60 Å². The van der Waals surface area contributed by atoms with Crippen LogP contribution in [0.5, 0.6) is 0 Å². The molecule has 0 aliphatic carbocycles. The molecule has 92 valence electrons. The molecular formula is C13H17NO2S. The van der Waals surface area contributed by atoms with Crippen LogP contribution in [0.15, 0.2) is 33.6 Å². The number of rotatable bonds is 5. The number of hydrogen-bond donors (Lipinski definition) is 2. The monoisotopic (exact) mass is 251 g/mol. The lowest BCUT2D eigenvalue weighted by molar-refractivity contribution is 0.0566. The smallest absolute Gasteiger partial charge is 0.120 e. The predicted octanol–water partition coefficient (Wildman–Crippen LogP) is 2.65. The topological polar surface area (TPSA) is 45.4 Å². The third-order valence-corrected chi connectivity index (χ3v) is 3.55.